The molecule has 22 heavy (non-hydrogen) atoms. The molecule has 4 heteroatoms. The Labute approximate surface area is 136 Å². The molecule has 0 amide bonds. The van der Waals surface area contributed by atoms with Gasteiger partial charge >= 0.3 is 0 Å². The second kappa shape index (κ2) is 9.74. The summed E-state index contributed by atoms with van der Waals surface area (Å²) in [5.41, 5.74) is 2.73. The van der Waals surface area contributed by atoms with Gasteiger partial charge in [0, 0.05) is 16.8 Å². The molecular formula is C18H20ClFN2. The molecule has 116 valence electrons. The van der Waals surface area contributed by atoms with Gasteiger partial charge in [0.15, 0.2) is 0 Å². The lowest BCUT2D eigenvalue weighted by molar-refractivity contribution is 0.561. The molecule has 0 atom stereocenters. The Morgan fingerprint density at radius 3 is 2.55 bits per heavy atom. The van der Waals surface area contributed by atoms with Gasteiger partial charge in [-0.25, -0.2) is 9.07 Å². The molecule has 1 aromatic carbocycles. The van der Waals surface area contributed by atoms with Crippen LogP contribution in [0, 0.1) is 0 Å². The lowest BCUT2D eigenvalue weighted by Gasteiger charge is -2.01. The number of hydrogen-bond acceptors (Lipinski definition) is 1. The van der Waals surface area contributed by atoms with Crippen molar-refractivity contribution < 1.29 is 4.39 Å². The third-order valence-corrected chi connectivity index (χ3v) is 2.94. The van der Waals surface area contributed by atoms with Crippen LogP contribution in [-0.2, 0) is 0 Å². The molecule has 0 fully saturated rings. The van der Waals surface area contributed by atoms with E-state index in [1.165, 1.54) is 6.08 Å². The van der Waals surface area contributed by atoms with E-state index in [-0.39, 0.29) is 0 Å². The zero-order chi connectivity index (χ0) is 16.4. The second-order valence-electron chi connectivity index (χ2n) is 4.06. The molecule has 1 heterocycles. The van der Waals surface area contributed by atoms with Gasteiger partial charge in [-0.05, 0) is 29.8 Å². The minimum absolute atomic E-state index is 0.514. The molecule has 2 aromatic rings. The summed E-state index contributed by atoms with van der Waals surface area (Å²) in [4.78, 5) is 0. The predicted octanol–water partition coefficient (Wildman–Crippen LogP) is 5.78. The van der Waals surface area contributed by atoms with E-state index in [4.69, 9.17) is 11.6 Å². The number of aromatic nitrogens is 2. The first-order valence-electron chi connectivity index (χ1n) is 7.11. The maximum absolute atomic E-state index is 12.2. The Morgan fingerprint density at radius 2 is 1.95 bits per heavy atom. The number of allylic oxidation sites excluding steroid dienone is 5. The van der Waals surface area contributed by atoms with Crippen LogP contribution in [0.15, 0.2) is 67.5 Å². The van der Waals surface area contributed by atoms with Crippen LogP contribution in [0.1, 0.15) is 13.8 Å². The Kier molecular flexibility index (Phi) is 7.94. The Morgan fingerprint density at radius 1 is 1.27 bits per heavy atom. The van der Waals surface area contributed by atoms with Crippen molar-refractivity contribution in [1.29, 1.82) is 0 Å². The van der Waals surface area contributed by atoms with E-state index >= 15 is 0 Å². The smallest absolute Gasteiger partial charge is 0.108 e. The van der Waals surface area contributed by atoms with Crippen molar-refractivity contribution in [3.8, 4) is 11.1 Å². The van der Waals surface area contributed by atoms with E-state index < -0.39 is 6.67 Å². The largest absolute Gasteiger partial charge is 0.247 e. The van der Waals surface area contributed by atoms with Gasteiger partial charge in [0.25, 0.3) is 0 Å². The molecule has 0 N–H and O–H groups in total. The molecule has 1 aromatic heterocycles. The summed E-state index contributed by atoms with van der Waals surface area (Å²) in [5, 5.41) is 4.97. The first-order chi connectivity index (χ1) is 10.7. The highest BCUT2D eigenvalue weighted by molar-refractivity contribution is 6.30. The summed E-state index contributed by atoms with van der Waals surface area (Å²) in [6.07, 6.45) is 10.1. The third-order valence-electron chi connectivity index (χ3n) is 2.69. The van der Waals surface area contributed by atoms with Crippen LogP contribution >= 0.6 is 11.6 Å². The number of benzene rings is 1. The van der Waals surface area contributed by atoms with Gasteiger partial charge in [-0.3, -0.25) is 0 Å². The van der Waals surface area contributed by atoms with E-state index in [0.29, 0.717) is 5.02 Å². The topological polar surface area (TPSA) is 17.8 Å². The molecular weight excluding hydrogens is 299 g/mol. The zero-order valence-electron chi connectivity index (χ0n) is 12.8. The summed E-state index contributed by atoms with van der Waals surface area (Å²) in [6.45, 7) is 7.13. The molecule has 0 saturated heterocycles. The lowest BCUT2D eigenvalue weighted by Crippen LogP contribution is -1.94. The van der Waals surface area contributed by atoms with Crippen LogP contribution in [0.5, 0.6) is 0 Å². The van der Waals surface area contributed by atoms with Gasteiger partial charge in [0.2, 0.25) is 0 Å². The summed E-state index contributed by atoms with van der Waals surface area (Å²) >= 11 is 5.87. The highest BCUT2D eigenvalue weighted by Crippen LogP contribution is 2.22. The highest BCUT2D eigenvalue weighted by atomic mass is 35.5. The van der Waals surface area contributed by atoms with E-state index in [9.17, 15) is 4.39 Å². The predicted molar refractivity (Wildman–Crippen MR) is 93.6 cm³/mol. The summed E-state index contributed by atoms with van der Waals surface area (Å²) in [6, 6.07) is 7.52. The SMILES string of the molecule is C=C/C=C(\C=C/CF)n1cc(-c2ccc(Cl)cc2)cn1.CC. The van der Waals surface area contributed by atoms with E-state index in [2.05, 4.69) is 11.7 Å². The van der Waals surface area contributed by atoms with Gasteiger partial charge in [0.05, 0.1) is 11.9 Å². The second-order valence-corrected chi connectivity index (χ2v) is 4.50. The van der Waals surface area contributed by atoms with Crippen LogP contribution in [-0.4, -0.2) is 16.5 Å². The van der Waals surface area contributed by atoms with Crippen molar-refractivity contribution in [2.45, 2.75) is 13.8 Å². The van der Waals surface area contributed by atoms with Crippen LogP contribution in [0.3, 0.4) is 0 Å². The zero-order valence-corrected chi connectivity index (χ0v) is 13.6. The monoisotopic (exact) mass is 318 g/mol. The Balaban J connectivity index is 0.00000116. The normalized spacial score (nSPS) is 11.2. The molecule has 0 saturated carbocycles. The van der Waals surface area contributed by atoms with Crippen LogP contribution < -0.4 is 0 Å². The van der Waals surface area contributed by atoms with Crippen molar-refractivity contribution in [3.63, 3.8) is 0 Å². The maximum atomic E-state index is 12.2. The van der Waals surface area contributed by atoms with Crippen molar-refractivity contribution in [3.05, 3.63) is 72.6 Å². The fraction of sp³-hybridized carbons (Fsp3) is 0.167. The number of halogens is 2. The van der Waals surface area contributed by atoms with Crippen molar-refractivity contribution in [1.82, 2.24) is 9.78 Å². The minimum Gasteiger partial charge on any atom is -0.247 e. The molecule has 0 aliphatic carbocycles. The van der Waals surface area contributed by atoms with Gasteiger partial charge in [-0.15, -0.1) is 0 Å². The summed E-state index contributed by atoms with van der Waals surface area (Å²) < 4.78 is 13.9. The van der Waals surface area contributed by atoms with Gasteiger partial charge in [0.1, 0.15) is 6.67 Å². The van der Waals surface area contributed by atoms with Crippen molar-refractivity contribution in [2.24, 2.45) is 0 Å². The van der Waals surface area contributed by atoms with E-state index in [0.717, 1.165) is 16.8 Å². The van der Waals surface area contributed by atoms with Crippen LogP contribution in [0.2, 0.25) is 5.02 Å². The molecule has 0 bridgehead atoms. The highest BCUT2D eigenvalue weighted by Gasteiger charge is 2.03. The van der Waals surface area contributed by atoms with E-state index in [1.54, 1.807) is 29.1 Å². The molecule has 0 spiro atoms. The standard InChI is InChI=1S/C16H14ClFN2.C2H6/c1-2-4-16(5-3-10-18)20-12-14(11-19-20)13-6-8-15(17)9-7-13;1-2/h2-9,11-12H,1,10H2;1-2H3/b5-3-,16-4+;. The van der Waals surface area contributed by atoms with Gasteiger partial charge < -0.3 is 0 Å². The molecule has 0 aliphatic rings. The lowest BCUT2D eigenvalue weighted by atomic mass is 10.1. The first-order valence-corrected chi connectivity index (χ1v) is 7.48. The fourth-order valence-corrected chi connectivity index (χ4v) is 1.88. The number of alkyl halides is 1. The fourth-order valence-electron chi connectivity index (χ4n) is 1.75. The first kappa shape index (κ1) is 17.9. The molecule has 2 nitrogen and oxygen atoms in total. The van der Waals surface area contributed by atoms with E-state index in [1.807, 2.05) is 44.3 Å². The molecule has 0 radical (unpaired) electrons. The average molecular weight is 319 g/mol. The molecule has 0 aliphatic heterocycles. The van der Waals surface area contributed by atoms with Crippen LogP contribution in [0.25, 0.3) is 16.8 Å². The molecule has 2 rings (SSSR count). The quantitative estimate of drug-likeness (QED) is 0.639. The Hall–Kier alpha value is -2.13. The van der Waals surface area contributed by atoms with Gasteiger partial charge in [-0.2, -0.15) is 5.10 Å². The maximum Gasteiger partial charge on any atom is 0.108 e. The van der Waals surface area contributed by atoms with Gasteiger partial charge in [-0.1, -0.05) is 56.3 Å². The summed E-state index contributed by atoms with van der Waals surface area (Å²) in [7, 11) is 0. The van der Waals surface area contributed by atoms with Crippen LogP contribution in [0.4, 0.5) is 4.39 Å². The average Bonchev–Trinajstić information content (AvgIpc) is 3.04. The molecule has 0 unspecified atom stereocenters. The number of rotatable bonds is 5. The summed E-state index contributed by atoms with van der Waals surface area (Å²) in [5.74, 6) is 0. The third kappa shape index (κ3) is 5.01. The minimum atomic E-state index is -0.514. The number of hydrogen-bond donors (Lipinski definition) is 0. The Bertz CT molecular complexity index is 639. The van der Waals surface area contributed by atoms with Crippen molar-refractivity contribution in [2.75, 3.05) is 6.67 Å². The number of nitrogens with zero attached hydrogens (tertiary/aromatic N) is 2. The van der Waals surface area contributed by atoms with Crippen molar-refractivity contribution >= 4 is 17.3 Å².